The number of nitrogens with zero attached hydrogens (tertiary/aromatic N) is 1. The Morgan fingerprint density at radius 3 is 1.25 bits per heavy atom. The molecule has 0 fully saturated rings. The third-order valence-corrected chi connectivity index (χ3v) is 0. The Morgan fingerprint density at radius 2 is 1.25 bits per heavy atom. The van der Waals surface area contributed by atoms with E-state index in [0.29, 0.717) is 0 Å². The van der Waals surface area contributed by atoms with Crippen LogP contribution in [0.2, 0.25) is 0 Å². The summed E-state index contributed by atoms with van der Waals surface area (Å²) in [5.74, 6) is 0. The number of hydrogen-bond donors (Lipinski definition) is 2. The minimum absolute atomic E-state index is 0. The molecule has 0 aromatic carbocycles. The van der Waals surface area contributed by atoms with Gasteiger partial charge in [0.2, 0.25) is 4.91 Å². The molecular weight excluding hydrogens is 82.1 g/mol. The van der Waals surface area contributed by atoms with Crippen LogP contribution in [0.25, 0.3) is 0 Å². The third-order valence-electron chi connectivity index (χ3n) is 0. The Bertz CT molecular complexity index is 24.3. The first-order valence-corrected chi connectivity index (χ1v) is 0.447. The van der Waals surface area contributed by atoms with Gasteiger partial charge in [0.1, 0.15) is 11.1 Å². The summed E-state index contributed by atoms with van der Waals surface area (Å²) in [5.41, 5.74) is 11.0. The second-order valence-electron chi connectivity index (χ2n) is 0.112. The first-order valence-electron chi connectivity index (χ1n) is 0.447. The van der Waals surface area contributed by atoms with Crippen LogP contribution in [0.4, 0.5) is 0 Å². The first-order chi connectivity index (χ1) is 1.41. The van der Waals surface area contributed by atoms with Gasteiger partial charge in [0.15, 0.2) is 0 Å². The number of hydrogen-bond acceptors (Lipinski definition) is 2. The molecule has 20 valence electrons. The van der Waals surface area contributed by atoms with E-state index in [1.165, 1.54) is 0 Å². The molecule has 4 heteroatoms. The third kappa shape index (κ3) is 19.5. The molecule has 0 saturated heterocycles. The Morgan fingerprint density at radius 1 is 1.25 bits per heavy atom. The van der Waals surface area contributed by atoms with Gasteiger partial charge in [0.25, 0.3) is 0 Å². The van der Waals surface area contributed by atoms with E-state index in [1.54, 1.807) is 0 Å². The second kappa shape index (κ2) is 9.57. The van der Waals surface area contributed by atoms with Gasteiger partial charge in [0.05, 0.1) is 0 Å². The number of nitrogens with one attached hydrogen (secondary N) is 2. The van der Waals surface area contributed by atoms with Crippen molar-refractivity contribution in [1.82, 2.24) is 4.91 Å². The van der Waals surface area contributed by atoms with Crippen LogP contribution in [0.5, 0.6) is 0 Å². The average molecular weight is 86.1 g/mol. The molecular formula is H4CaN3+. The Balaban J connectivity index is 0. The van der Waals surface area contributed by atoms with Gasteiger partial charge in [0, 0.05) is 0 Å². The molecule has 3 nitrogen and oxygen atoms in total. The molecule has 0 aromatic rings. The van der Waals surface area contributed by atoms with Gasteiger partial charge in [-0.15, -0.1) is 0 Å². The van der Waals surface area contributed by atoms with E-state index in [-0.39, 0.29) is 37.7 Å². The van der Waals surface area contributed by atoms with Crippen molar-refractivity contribution in [3.05, 3.63) is 0 Å². The molecule has 0 saturated carbocycles. The Labute approximate surface area is 53.4 Å². The summed E-state index contributed by atoms with van der Waals surface area (Å²) >= 11 is 0. The molecule has 2 N–H and O–H groups in total. The minimum atomic E-state index is 0. The van der Waals surface area contributed by atoms with Crippen molar-refractivity contribution in [3.8, 4) is 0 Å². The van der Waals surface area contributed by atoms with Crippen LogP contribution >= 0.6 is 0 Å². The summed E-state index contributed by atoms with van der Waals surface area (Å²) in [6, 6.07) is 0. The van der Waals surface area contributed by atoms with Crippen LogP contribution in [0.15, 0.2) is 0 Å². The first kappa shape index (κ1) is 8.82. The maximum atomic E-state index is 5.50. The van der Waals surface area contributed by atoms with Crippen molar-refractivity contribution >= 4 is 37.7 Å². The van der Waals surface area contributed by atoms with E-state index in [2.05, 4.69) is 0 Å². The molecule has 0 aliphatic carbocycles. The summed E-state index contributed by atoms with van der Waals surface area (Å²) in [7, 11) is 0. The fourth-order valence-electron chi connectivity index (χ4n) is 0. The fraction of sp³-hybridized carbons (Fsp3) is 0. The standard InChI is InChI=1S/Ca.H2N3.2H/c;1-3-2;;/h;1-2H;;/q;+1;;. The molecule has 0 amide bonds. The van der Waals surface area contributed by atoms with Crippen molar-refractivity contribution in [2.45, 2.75) is 0 Å². The van der Waals surface area contributed by atoms with E-state index in [4.69, 9.17) is 11.1 Å². The Hall–Kier alpha value is 0.570. The van der Waals surface area contributed by atoms with Gasteiger partial charge in [-0.05, 0) is 0 Å². The monoisotopic (exact) mass is 86.0 g/mol. The van der Waals surface area contributed by atoms with Crippen LogP contribution in [-0.4, -0.2) is 37.7 Å². The second-order valence-corrected chi connectivity index (χ2v) is 0.112. The van der Waals surface area contributed by atoms with Crippen LogP contribution in [-0.2, 0) is 0 Å². The molecule has 0 heterocycles. The summed E-state index contributed by atoms with van der Waals surface area (Å²) in [5, 5.41) is 0. The van der Waals surface area contributed by atoms with E-state index in [0.717, 1.165) is 0 Å². The topological polar surface area (TPSA) is 61.8 Å². The molecule has 0 aromatic heterocycles. The zero-order valence-electron chi connectivity index (χ0n) is 1.45. The molecule has 0 rings (SSSR count). The summed E-state index contributed by atoms with van der Waals surface area (Å²) < 4.78 is 0. The average Bonchev–Trinajstić information content (AvgIpc) is 0.918. The van der Waals surface area contributed by atoms with Crippen LogP contribution in [0.1, 0.15) is 0 Å². The molecule has 0 aliphatic heterocycles. The zero-order chi connectivity index (χ0) is 2.71. The van der Waals surface area contributed by atoms with Crippen molar-refractivity contribution in [2.75, 3.05) is 0 Å². The SMILES string of the molecule is N=[N+]=N.[CaH2]. The fourth-order valence-corrected chi connectivity index (χ4v) is 0. The van der Waals surface area contributed by atoms with Crippen molar-refractivity contribution in [3.63, 3.8) is 0 Å². The molecule has 0 unspecified atom stereocenters. The summed E-state index contributed by atoms with van der Waals surface area (Å²) in [6.45, 7) is 0. The predicted molar refractivity (Wildman–Crippen MR) is 16.1 cm³/mol. The van der Waals surface area contributed by atoms with E-state index < -0.39 is 0 Å². The molecule has 0 atom stereocenters. The molecule has 0 spiro atoms. The van der Waals surface area contributed by atoms with Crippen molar-refractivity contribution in [2.24, 2.45) is 0 Å². The van der Waals surface area contributed by atoms with Crippen molar-refractivity contribution < 1.29 is 0 Å². The predicted octanol–water partition coefficient (Wildman–Crippen LogP) is -0.801. The van der Waals surface area contributed by atoms with Crippen LogP contribution < -0.4 is 4.91 Å². The quantitative estimate of drug-likeness (QED) is 0.220. The van der Waals surface area contributed by atoms with E-state index >= 15 is 0 Å². The number of rotatable bonds is 0. The van der Waals surface area contributed by atoms with E-state index in [9.17, 15) is 0 Å². The molecule has 0 bridgehead atoms. The Kier molecular flexibility index (Phi) is 21.1. The summed E-state index contributed by atoms with van der Waals surface area (Å²) in [4.78, 5) is 2.00. The van der Waals surface area contributed by atoms with Crippen LogP contribution in [0, 0.1) is 11.1 Å². The normalized spacial score (nSPS) is 2.00. The summed E-state index contributed by atoms with van der Waals surface area (Å²) in [6.07, 6.45) is 0. The van der Waals surface area contributed by atoms with Gasteiger partial charge in [-0.2, -0.15) is 0 Å². The van der Waals surface area contributed by atoms with Gasteiger partial charge in [-0.1, -0.05) is 0 Å². The maximum absolute atomic E-state index is 5.50. The van der Waals surface area contributed by atoms with Crippen LogP contribution in [0.3, 0.4) is 0 Å². The molecule has 0 aliphatic rings. The zero-order valence-corrected chi connectivity index (χ0v) is 1.45. The van der Waals surface area contributed by atoms with Gasteiger partial charge in [-0.3, -0.25) is 0 Å². The van der Waals surface area contributed by atoms with Gasteiger partial charge in [-0.25, -0.2) is 0 Å². The van der Waals surface area contributed by atoms with E-state index in [1.807, 2.05) is 4.91 Å². The van der Waals surface area contributed by atoms with Gasteiger partial charge < -0.3 is 0 Å². The van der Waals surface area contributed by atoms with Gasteiger partial charge >= 0.3 is 37.7 Å². The van der Waals surface area contributed by atoms with Crippen molar-refractivity contribution in [1.29, 1.82) is 11.1 Å². The molecule has 0 radical (unpaired) electrons. The molecule has 4 heavy (non-hydrogen) atoms.